The van der Waals surface area contributed by atoms with Crippen LogP contribution in [-0.4, -0.2) is 23.3 Å². The second-order valence-electron chi connectivity index (χ2n) is 7.39. The Bertz CT molecular complexity index is 816. The van der Waals surface area contributed by atoms with Crippen molar-refractivity contribution in [1.82, 2.24) is 5.32 Å². The number of carbonyl (C=O) groups is 3. The maximum absolute atomic E-state index is 12.4. The number of rotatable bonds is 5. The van der Waals surface area contributed by atoms with Gasteiger partial charge in [0.2, 0.25) is 0 Å². The minimum Gasteiger partial charge on any atom is -0.444 e. The number of carbonyl (C=O) groups excluding carboxylic acids is 3. The zero-order valence-corrected chi connectivity index (χ0v) is 15.8. The Balaban J connectivity index is 2.54. The minimum absolute atomic E-state index is 0.300. The first kappa shape index (κ1) is 19.6. The van der Waals surface area contributed by atoms with Crippen LogP contribution in [-0.2, 0) is 14.3 Å². The third-order valence-electron chi connectivity index (χ3n) is 4.04. The van der Waals surface area contributed by atoms with E-state index in [0.717, 1.165) is 10.8 Å². The molecule has 2 aromatic rings. The molecule has 138 valence electrons. The molecule has 1 N–H and O–H groups in total. The van der Waals surface area contributed by atoms with Gasteiger partial charge in [-0.2, -0.15) is 0 Å². The van der Waals surface area contributed by atoms with Crippen molar-refractivity contribution < 1.29 is 19.1 Å². The van der Waals surface area contributed by atoms with E-state index in [1.807, 2.05) is 42.5 Å². The fraction of sp³-hybridized carbons (Fsp3) is 0.381. The Kier molecular flexibility index (Phi) is 5.80. The summed E-state index contributed by atoms with van der Waals surface area (Å²) in [5.41, 5.74) is 0.0272. The molecule has 0 spiro atoms. The van der Waals surface area contributed by atoms with Crippen molar-refractivity contribution in [3.8, 4) is 0 Å². The Hall–Kier alpha value is -2.69. The van der Waals surface area contributed by atoms with Crippen LogP contribution in [0.1, 0.15) is 46.2 Å². The van der Waals surface area contributed by atoms with Gasteiger partial charge in [0, 0.05) is 0 Å². The van der Waals surface area contributed by atoms with E-state index in [-0.39, 0.29) is 11.6 Å². The fourth-order valence-electron chi connectivity index (χ4n) is 3.05. The second-order valence-corrected chi connectivity index (χ2v) is 7.39. The quantitative estimate of drug-likeness (QED) is 0.816. The lowest BCUT2D eigenvalue weighted by molar-refractivity contribution is -0.131. The molecule has 5 heteroatoms. The van der Waals surface area contributed by atoms with Gasteiger partial charge in [-0.3, -0.25) is 9.59 Å². The lowest BCUT2D eigenvalue weighted by Gasteiger charge is -2.28. The van der Waals surface area contributed by atoms with Crippen LogP contribution in [0.5, 0.6) is 0 Å². The summed E-state index contributed by atoms with van der Waals surface area (Å²) < 4.78 is 5.34. The molecule has 2 rings (SSSR count). The smallest absolute Gasteiger partial charge is 0.408 e. The third-order valence-corrected chi connectivity index (χ3v) is 4.04. The van der Waals surface area contributed by atoms with Gasteiger partial charge in [0.15, 0.2) is 0 Å². The molecule has 0 heterocycles. The van der Waals surface area contributed by atoms with Gasteiger partial charge < -0.3 is 10.1 Å². The molecule has 0 radical (unpaired) electrons. The number of fused-ring (bicyclic) bond motifs is 1. The molecular weight excluding hydrogens is 330 g/mol. The van der Waals surface area contributed by atoms with Crippen molar-refractivity contribution in [2.45, 2.75) is 46.3 Å². The second kappa shape index (κ2) is 7.68. The van der Waals surface area contributed by atoms with Crippen molar-refractivity contribution >= 4 is 28.4 Å². The molecule has 26 heavy (non-hydrogen) atoms. The van der Waals surface area contributed by atoms with Crippen LogP contribution in [0.2, 0.25) is 0 Å². The summed E-state index contributed by atoms with van der Waals surface area (Å²) >= 11 is 0. The molecule has 0 aliphatic heterocycles. The molecule has 1 amide bonds. The van der Waals surface area contributed by atoms with Gasteiger partial charge in [-0.05, 0) is 51.0 Å². The van der Waals surface area contributed by atoms with Gasteiger partial charge in [0.25, 0.3) is 0 Å². The van der Waals surface area contributed by atoms with Crippen LogP contribution in [0.4, 0.5) is 4.79 Å². The number of hydrogen-bond donors (Lipinski definition) is 1. The van der Waals surface area contributed by atoms with Gasteiger partial charge >= 0.3 is 6.09 Å². The van der Waals surface area contributed by atoms with Crippen molar-refractivity contribution in [3.05, 3.63) is 48.0 Å². The molecule has 0 fully saturated rings. The average Bonchev–Trinajstić information content (AvgIpc) is 2.51. The summed E-state index contributed by atoms with van der Waals surface area (Å²) in [6.07, 6.45) is -0.664. The molecule has 0 aliphatic rings. The van der Waals surface area contributed by atoms with E-state index in [9.17, 15) is 14.4 Å². The normalized spacial score (nSPS) is 12.7. The van der Waals surface area contributed by atoms with Gasteiger partial charge in [0.05, 0.1) is 6.04 Å². The first-order valence-corrected chi connectivity index (χ1v) is 8.58. The highest BCUT2D eigenvalue weighted by Crippen LogP contribution is 2.30. The molecule has 1 unspecified atom stereocenters. The molecule has 0 bridgehead atoms. The summed E-state index contributed by atoms with van der Waals surface area (Å²) in [6.45, 7) is 7.99. The molecular formula is C21H25NO4. The Labute approximate surface area is 153 Å². The Morgan fingerprint density at radius 3 is 2.08 bits per heavy atom. The van der Waals surface area contributed by atoms with Crippen molar-refractivity contribution in [2.24, 2.45) is 5.92 Å². The van der Waals surface area contributed by atoms with Gasteiger partial charge in [-0.15, -0.1) is 0 Å². The van der Waals surface area contributed by atoms with Crippen molar-refractivity contribution in [1.29, 1.82) is 0 Å². The molecule has 5 nitrogen and oxygen atoms in total. The predicted octanol–water partition coefficient (Wildman–Crippen LogP) is 4.20. The molecule has 0 aromatic heterocycles. The Morgan fingerprint density at radius 1 is 0.923 bits per heavy atom. The maximum atomic E-state index is 12.4. The first-order chi connectivity index (χ1) is 12.1. The topological polar surface area (TPSA) is 72.5 Å². The van der Waals surface area contributed by atoms with Crippen LogP contribution in [0.3, 0.4) is 0 Å². The monoisotopic (exact) mass is 355 g/mol. The zero-order valence-electron chi connectivity index (χ0n) is 15.8. The third kappa shape index (κ3) is 4.69. The largest absolute Gasteiger partial charge is 0.444 e. The summed E-state index contributed by atoms with van der Waals surface area (Å²) in [4.78, 5) is 36.8. The average molecular weight is 355 g/mol. The van der Waals surface area contributed by atoms with E-state index < -0.39 is 23.7 Å². The number of amides is 1. The number of hydrogen-bond acceptors (Lipinski definition) is 4. The van der Waals surface area contributed by atoms with Crippen molar-refractivity contribution in [3.63, 3.8) is 0 Å². The van der Waals surface area contributed by atoms with Gasteiger partial charge in [-0.25, -0.2) is 4.79 Å². The van der Waals surface area contributed by atoms with Gasteiger partial charge in [-0.1, -0.05) is 42.5 Å². The number of ketones is 2. The van der Waals surface area contributed by atoms with Crippen LogP contribution in [0, 0.1) is 5.92 Å². The van der Waals surface area contributed by atoms with Crippen LogP contribution < -0.4 is 5.32 Å². The number of ether oxygens (including phenoxy) is 1. The van der Waals surface area contributed by atoms with Crippen molar-refractivity contribution in [2.75, 3.05) is 0 Å². The fourth-order valence-corrected chi connectivity index (χ4v) is 3.05. The van der Waals surface area contributed by atoms with Crippen LogP contribution >= 0.6 is 0 Å². The van der Waals surface area contributed by atoms with Gasteiger partial charge in [0.1, 0.15) is 23.1 Å². The van der Waals surface area contributed by atoms with E-state index in [4.69, 9.17) is 4.74 Å². The molecule has 0 saturated carbocycles. The number of alkyl carbamates (subject to hydrolysis) is 1. The van der Waals surface area contributed by atoms with E-state index in [1.165, 1.54) is 13.8 Å². The number of benzene rings is 2. The first-order valence-electron chi connectivity index (χ1n) is 8.58. The maximum Gasteiger partial charge on any atom is 0.408 e. The number of nitrogens with one attached hydrogen (secondary N) is 1. The van der Waals surface area contributed by atoms with E-state index >= 15 is 0 Å². The predicted molar refractivity (Wildman–Crippen MR) is 101 cm³/mol. The van der Waals surface area contributed by atoms with Crippen LogP contribution in [0.25, 0.3) is 10.8 Å². The lowest BCUT2D eigenvalue weighted by Crippen LogP contribution is -2.41. The minimum atomic E-state index is -0.978. The van der Waals surface area contributed by atoms with E-state index in [1.54, 1.807) is 20.8 Å². The summed E-state index contributed by atoms with van der Waals surface area (Å²) in [5.74, 6) is -1.58. The Morgan fingerprint density at radius 2 is 1.50 bits per heavy atom. The highest BCUT2D eigenvalue weighted by Gasteiger charge is 2.34. The molecule has 2 aromatic carbocycles. The van der Waals surface area contributed by atoms with Crippen LogP contribution in [0.15, 0.2) is 42.5 Å². The highest BCUT2D eigenvalue weighted by atomic mass is 16.6. The van der Waals surface area contributed by atoms with E-state index in [2.05, 4.69) is 5.32 Å². The number of Topliss-reactive ketones (excluding diaryl/α,β-unsaturated/α-hetero) is 2. The zero-order chi connectivity index (χ0) is 19.5. The SMILES string of the molecule is CC(=O)C(C(C)=O)C(NC(=O)OC(C)(C)C)c1cccc2ccccc12. The standard InChI is InChI=1S/C21H25NO4/c1-13(23)18(14(2)24)19(22-20(25)26-21(3,4)5)17-12-8-10-15-9-6-7-11-16(15)17/h6-12,18-19H,1-5H3,(H,22,25). The summed E-state index contributed by atoms with van der Waals surface area (Å²) in [7, 11) is 0. The molecule has 1 atom stereocenters. The molecule has 0 saturated heterocycles. The lowest BCUT2D eigenvalue weighted by atomic mass is 9.85. The van der Waals surface area contributed by atoms with E-state index in [0.29, 0.717) is 5.56 Å². The summed E-state index contributed by atoms with van der Waals surface area (Å²) in [5, 5.41) is 4.58. The summed E-state index contributed by atoms with van der Waals surface area (Å²) in [6, 6.07) is 12.5. The highest BCUT2D eigenvalue weighted by molar-refractivity contribution is 6.02. The molecule has 0 aliphatic carbocycles.